The van der Waals surface area contributed by atoms with Gasteiger partial charge in [0.05, 0.1) is 4.92 Å². The van der Waals surface area contributed by atoms with E-state index in [4.69, 9.17) is 11.6 Å². The van der Waals surface area contributed by atoms with E-state index in [0.29, 0.717) is 12.1 Å². The van der Waals surface area contributed by atoms with Crippen LogP contribution in [0.3, 0.4) is 0 Å². The first kappa shape index (κ1) is 20.1. The molecule has 0 spiro atoms. The summed E-state index contributed by atoms with van der Waals surface area (Å²) in [5.41, 5.74) is 0.0585. The fourth-order valence-electron chi connectivity index (χ4n) is 2.46. The summed E-state index contributed by atoms with van der Waals surface area (Å²) >= 11 is 5.94. The molecule has 1 aliphatic heterocycles. The Morgan fingerprint density at radius 2 is 2.09 bits per heavy atom. The zero-order valence-corrected chi connectivity index (χ0v) is 15.1. The van der Waals surface area contributed by atoms with Crippen molar-refractivity contribution in [2.45, 2.75) is 31.2 Å². The lowest BCUT2D eigenvalue weighted by Crippen LogP contribution is -2.50. The van der Waals surface area contributed by atoms with Crippen LogP contribution in [0, 0.1) is 23.0 Å². The van der Waals surface area contributed by atoms with E-state index < -0.39 is 20.6 Å². The Balaban J connectivity index is 0.00000264. The standard InChI is InChI=1S/C13H18ClN3O4S.ClH/c1-8-5-11(17(18)19)13(14)12(6-8)22(20,21)16-10-7-15-4-3-9(10)2;/h5-6,9-10,15-16H,3-4,7H2,1-2H3;1H. The second-order valence-corrected chi connectivity index (χ2v) is 7.61. The van der Waals surface area contributed by atoms with Crippen LogP contribution in [-0.4, -0.2) is 32.5 Å². The van der Waals surface area contributed by atoms with Crippen molar-refractivity contribution in [2.75, 3.05) is 13.1 Å². The van der Waals surface area contributed by atoms with Gasteiger partial charge in [-0.2, -0.15) is 0 Å². The van der Waals surface area contributed by atoms with Gasteiger partial charge in [0.2, 0.25) is 10.0 Å². The highest BCUT2D eigenvalue weighted by atomic mass is 35.5. The Morgan fingerprint density at radius 1 is 1.43 bits per heavy atom. The fraction of sp³-hybridized carbons (Fsp3) is 0.538. The number of nitrogens with zero attached hydrogens (tertiary/aromatic N) is 1. The molecule has 0 aromatic heterocycles. The molecule has 1 fully saturated rings. The molecule has 1 heterocycles. The van der Waals surface area contributed by atoms with Crippen LogP contribution < -0.4 is 10.0 Å². The molecular weight excluding hydrogens is 365 g/mol. The Labute approximate surface area is 146 Å². The quantitative estimate of drug-likeness (QED) is 0.613. The lowest BCUT2D eigenvalue weighted by atomic mass is 9.96. The van der Waals surface area contributed by atoms with Crippen LogP contribution in [0.2, 0.25) is 5.02 Å². The number of nitro groups is 1. The topological polar surface area (TPSA) is 101 Å². The van der Waals surface area contributed by atoms with E-state index in [0.717, 1.165) is 13.0 Å². The molecule has 0 radical (unpaired) electrons. The van der Waals surface area contributed by atoms with Crippen molar-refractivity contribution < 1.29 is 13.3 Å². The smallest absolute Gasteiger partial charge is 0.289 e. The lowest BCUT2D eigenvalue weighted by Gasteiger charge is -2.30. The van der Waals surface area contributed by atoms with Crippen LogP contribution in [-0.2, 0) is 10.0 Å². The van der Waals surface area contributed by atoms with Crippen LogP contribution in [0.15, 0.2) is 17.0 Å². The molecule has 2 N–H and O–H groups in total. The largest absolute Gasteiger partial charge is 0.315 e. The number of nitrogens with one attached hydrogen (secondary N) is 2. The predicted molar refractivity (Wildman–Crippen MR) is 90.9 cm³/mol. The molecule has 10 heteroatoms. The zero-order valence-electron chi connectivity index (χ0n) is 12.7. The summed E-state index contributed by atoms with van der Waals surface area (Å²) in [4.78, 5) is 10.1. The Kier molecular flexibility index (Phi) is 6.79. The van der Waals surface area contributed by atoms with E-state index in [1.807, 2.05) is 6.92 Å². The summed E-state index contributed by atoms with van der Waals surface area (Å²) in [5.74, 6) is 0.176. The molecule has 7 nitrogen and oxygen atoms in total. The summed E-state index contributed by atoms with van der Waals surface area (Å²) in [6.45, 7) is 4.92. The first-order valence-corrected chi connectivity index (χ1v) is 8.76. The minimum atomic E-state index is -3.93. The number of sulfonamides is 1. The zero-order chi connectivity index (χ0) is 16.5. The summed E-state index contributed by atoms with van der Waals surface area (Å²) in [6.07, 6.45) is 0.856. The van der Waals surface area contributed by atoms with Gasteiger partial charge in [-0.3, -0.25) is 10.1 Å². The van der Waals surface area contributed by atoms with E-state index in [-0.39, 0.29) is 34.3 Å². The molecule has 2 rings (SSSR count). The van der Waals surface area contributed by atoms with Gasteiger partial charge in [-0.05, 0) is 37.4 Å². The molecule has 1 aliphatic rings. The third-order valence-corrected chi connectivity index (χ3v) is 5.81. The van der Waals surface area contributed by atoms with Crippen molar-refractivity contribution in [1.29, 1.82) is 0 Å². The molecule has 2 unspecified atom stereocenters. The molecular formula is C13H19Cl2N3O4S. The number of halogens is 2. The molecule has 1 saturated heterocycles. The van der Waals surface area contributed by atoms with Gasteiger partial charge in [0, 0.05) is 18.7 Å². The number of hydrogen-bond acceptors (Lipinski definition) is 5. The predicted octanol–water partition coefficient (Wildman–Crippen LogP) is 2.25. The first-order valence-electron chi connectivity index (χ1n) is 6.90. The monoisotopic (exact) mass is 383 g/mol. The van der Waals surface area contributed by atoms with Gasteiger partial charge >= 0.3 is 0 Å². The Bertz CT molecular complexity index is 697. The van der Waals surface area contributed by atoms with Crippen molar-refractivity contribution in [1.82, 2.24) is 10.0 Å². The van der Waals surface area contributed by atoms with Gasteiger partial charge in [-0.1, -0.05) is 18.5 Å². The molecule has 23 heavy (non-hydrogen) atoms. The van der Waals surface area contributed by atoms with Crippen molar-refractivity contribution in [3.63, 3.8) is 0 Å². The Morgan fingerprint density at radius 3 is 2.65 bits per heavy atom. The minimum Gasteiger partial charge on any atom is -0.315 e. The molecule has 0 saturated carbocycles. The van der Waals surface area contributed by atoms with Gasteiger partial charge < -0.3 is 5.32 Å². The van der Waals surface area contributed by atoms with Gasteiger partial charge in [0.1, 0.15) is 9.92 Å². The van der Waals surface area contributed by atoms with Crippen molar-refractivity contribution in [3.8, 4) is 0 Å². The van der Waals surface area contributed by atoms with Gasteiger partial charge in [-0.25, -0.2) is 13.1 Å². The maximum absolute atomic E-state index is 12.5. The molecule has 0 aliphatic carbocycles. The summed E-state index contributed by atoms with van der Waals surface area (Å²) < 4.78 is 27.7. The van der Waals surface area contributed by atoms with Crippen molar-refractivity contribution in [2.24, 2.45) is 5.92 Å². The summed E-state index contributed by atoms with van der Waals surface area (Å²) in [6, 6.07) is 2.33. The maximum Gasteiger partial charge on any atom is 0.289 e. The average Bonchev–Trinajstić information content (AvgIpc) is 2.43. The third kappa shape index (κ3) is 4.54. The van der Waals surface area contributed by atoms with Crippen LogP contribution in [0.25, 0.3) is 0 Å². The van der Waals surface area contributed by atoms with E-state index in [1.54, 1.807) is 6.92 Å². The molecule has 2 atom stereocenters. The molecule has 1 aromatic rings. The maximum atomic E-state index is 12.5. The SMILES string of the molecule is Cc1cc([N+](=O)[O-])c(Cl)c(S(=O)(=O)NC2CNCCC2C)c1.Cl. The van der Waals surface area contributed by atoms with Crippen LogP contribution >= 0.6 is 24.0 Å². The number of hydrogen-bond donors (Lipinski definition) is 2. The van der Waals surface area contributed by atoms with E-state index in [9.17, 15) is 18.5 Å². The lowest BCUT2D eigenvalue weighted by molar-refractivity contribution is -0.385. The van der Waals surface area contributed by atoms with Gasteiger partial charge in [0.15, 0.2) is 0 Å². The fourth-order valence-corrected chi connectivity index (χ4v) is 4.46. The number of rotatable bonds is 4. The van der Waals surface area contributed by atoms with Crippen molar-refractivity contribution >= 4 is 39.7 Å². The number of nitro benzene ring substituents is 1. The minimum absolute atomic E-state index is 0. The first-order chi connectivity index (χ1) is 10.2. The number of piperidine rings is 1. The van der Waals surface area contributed by atoms with Gasteiger partial charge in [-0.15, -0.1) is 12.4 Å². The summed E-state index contributed by atoms with van der Waals surface area (Å²) in [5, 5.41) is 13.8. The van der Waals surface area contributed by atoms with Crippen LogP contribution in [0.4, 0.5) is 5.69 Å². The summed E-state index contributed by atoms with van der Waals surface area (Å²) in [7, 11) is -3.93. The highest BCUT2D eigenvalue weighted by Gasteiger charge is 2.30. The average molecular weight is 384 g/mol. The number of aryl methyl sites for hydroxylation is 1. The van der Waals surface area contributed by atoms with Crippen molar-refractivity contribution in [3.05, 3.63) is 32.8 Å². The van der Waals surface area contributed by atoms with Crippen LogP contribution in [0.5, 0.6) is 0 Å². The molecule has 130 valence electrons. The second kappa shape index (κ2) is 7.76. The van der Waals surface area contributed by atoms with Crippen LogP contribution in [0.1, 0.15) is 18.9 Å². The molecule has 0 bridgehead atoms. The number of benzene rings is 1. The molecule has 0 amide bonds. The second-order valence-electron chi connectivity index (χ2n) is 5.55. The van der Waals surface area contributed by atoms with E-state index in [2.05, 4.69) is 10.0 Å². The normalized spacial score (nSPS) is 21.5. The highest BCUT2D eigenvalue weighted by Crippen LogP contribution is 2.32. The van der Waals surface area contributed by atoms with E-state index in [1.165, 1.54) is 12.1 Å². The highest BCUT2D eigenvalue weighted by molar-refractivity contribution is 7.89. The Hall–Kier alpha value is -0.930. The van der Waals surface area contributed by atoms with Gasteiger partial charge in [0.25, 0.3) is 5.69 Å². The molecule has 1 aromatic carbocycles. The third-order valence-electron chi connectivity index (χ3n) is 3.78. The van der Waals surface area contributed by atoms with E-state index >= 15 is 0 Å².